The molecule has 0 aliphatic heterocycles. The fourth-order valence-electron chi connectivity index (χ4n) is 1.61. The molecule has 2 N–H and O–H groups in total. The van der Waals surface area contributed by atoms with Crippen molar-refractivity contribution in [1.29, 1.82) is 0 Å². The number of aromatic nitrogens is 1. The Kier molecular flexibility index (Phi) is 4.69. The lowest BCUT2D eigenvalue weighted by Gasteiger charge is -2.12. The maximum atomic E-state index is 12.4. The van der Waals surface area contributed by atoms with Crippen LogP contribution in [0.25, 0.3) is 0 Å². The van der Waals surface area contributed by atoms with E-state index in [-0.39, 0.29) is 11.7 Å². The molecule has 0 aliphatic carbocycles. The predicted octanol–water partition coefficient (Wildman–Crippen LogP) is 3.32. The number of methoxy groups -OCH3 is 1. The number of rotatable bonds is 5. The Morgan fingerprint density at radius 2 is 2.00 bits per heavy atom. The van der Waals surface area contributed by atoms with Crippen LogP contribution in [0.1, 0.15) is 16.5 Å². The topological polar surface area (TPSA) is 54.4 Å². The SMILES string of the molecule is COc1ccc(C(O)CNc2ncc(C(F)(F)F)s2)cc1. The molecular weight excluding hydrogens is 305 g/mol. The van der Waals surface area contributed by atoms with E-state index in [1.807, 2.05) is 0 Å². The van der Waals surface area contributed by atoms with Gasteiger partial charge in [0.25, 0.3) is 0 Å². The number of aliphatic hydroxyl groups is 1. The maximum absolute atomic E-state index is 12.4. The molecule has 1 aromatic heterocycles. The summed E-state index contributed by atoms with van der Waals surface area (Å²) >= 11 is 0.505. The largest absolute Gasteiger partial charge is 0.497 e. The van der Waals surface area contributed by atoms with Gasteiger partial charge in [-0.05, 0) is 17.7 Å². The molecule has 8 heteroatoms. The van der Waals surface area contributed by atoms with E-state index in [4.69, 9.17) is 4.74 Å². The van der Waals surface area contributed by atoms with Gasteiger partial charge in [0.05, 0.1) is 19.4 Å². The van der Waals surface area contributed by atoms with Crippen molar-refractivity contribution in [3.05, 3.63) is 40.9 Å². The predicted molar refractivity (Wildman–Crippen MR) is 73.6 cm³/mol. The van der Waals surface area contributed by atoms with Crippen molar-refractivity contribution in [1.82, 2.24) is 4.98 Å². The van der Waals surface area contributed by atoms with Gasteiger partial charge < -0.3 is 15.2 Å². The molecule has 0 bridgehead atoms. The number of nitrogens with one attached hydrogen (secondary N) is 1. The highest BCUT2D eigenvalue weighted by molar-refractivity contribution is 7.15. The highest BCUT2D eigenvalue weighted by atomic mass is 32.1. The van der Waals surface area contributed by atoms with E-state index < -0.39 is 17.2 Å². The summed E-state index contributed by atoms with van der Waals surface area (Å²) in [6.45, 7) is 0.0666. The first-order valence-electron chi connectivity index (χ1n) is 5.99. The quantitative estimate of drug-likeness (QED) is 0.888. The summed E-state index contributed by atoms with van der Waals surface area (Å²) in [6.07, 6.45) is -4.48. The summed E-state index contributed by atoms with van der Waals surface area (Å²) in [5.41, 5.74) is 0.635. The van der Waals surface area contributed by atoms with Gasteiger partial charge in [-0.25, -0.2) is 4.98 Å². The molecule has 21 heavy (non-hydrogen) atoms. The molecule has 2 aromatic rings. The van der Waals surface area contributed by atoms with E-state index in [1.165, 1.54) is 7.11 Å². The zero-order valence-electron chi connectivity index (χ0n) is 11.0. The van der Waals surface area contributed by atoms with E-state index in [9.17, 15) is 18.3 Å². The highest BCUT2D eigenvalue weighted by Gasteiger charge is 2.33. The Bertz CT molecular complexity index is 584. The van der Waals surface area contributed by atoms with E-state index in [2.05, 4.69) is 10.3 Å². The van der Waals surface area contributed by atoms with E-state index in [0.717, 1.165) is 6.20 Å². The minimum Gasteiger partial charge on any atom is -0.497 e. The van der Waals surface area contributed by atoms with Crippen LogP contribution in [0.3, 0.4) is 0 Å². The first-order valence-corrected chi connectivity index (χ1v) is 6.80. The van der Waals surface area contributed by atoms with Gasteiger partial charge in [-0.15, -0.1) is 0 Å². The average Bonchev–Trinajstić information content (AvgIpc) is 2.94. The number of nitrogens with zero attached hydrogens (tertiary/aromatic N) is 1. The van der Waals surface area contributed by atoms with Crippen LogP contribution in [0.5, 0.6) is 5.75 Å². The summed E-state index contributed by atoms with van der Waals surface area (Å²) in [4.78, 5) is 2.86. The van der Waals surface area contributed by atoms with Crippen molar-refractivity contribution in [2.75, 3.05) is 19.0 Å². The molecule has 1 atom stereocenters. The molecule has 4 nitrogen and oxygen atoms in total. The summed E-state index contributed by atoms with van der Waals surface area (Å²) in [5.74, 6) is 0.661. The molecule has 0 fully saturated rings. The zero-order valence-corrected chi connectivity index (χ0v) is 11.8. The normalized spacial score (nSPS) is 13.0. The molecule has 1 heterocycles. The number of hydrogen-bond acceptors (Lipinski definition) is 5. The fourth-order valence-corrected chi connectivity index (χ4v) is 2.31. The molecule has 114 valence electrons. The van der Waals surface area contributed by atoms with E-state index in [0.29, 0.717) is 22.6 Å². The van der Waals surface area contributed by atoms with Gasteiger partial charge in [0.2, 0.25) is 0 Å². The smallest absolute Gasteiger partial charge is 0.427 e. The molecule has 0 saturated heterocycles. The summed E-state index contributed by atoms with van der Waals surface area (Å²) in [7, 11) is 1.54. The molecule has 0 spiro atoms. The van der Waals surface area contributed by atoms with Crippen molar-refractivity contribution >= 4 is 16.5 Å². The number of benzene rings is 1. The Balaban J connectivity index is 1.94. The van der Waals surface area contributed by atoms with Gasteiger partial charge in [0.15, 0.2) is 5.13 Å². The molecule has 2 rings (SSSR count). The number of ether oxygens (including phenoxy) is 1. The van der Waals surface area contributed by atoms with Crippen LogP contribution in [0.15, 0.2) is 30.5 Å². The number of anilines is 1. The molecule has 1 unspecified atom stereocenters. The average molecular weight is 318 g/mol. The molecule has 0 amide bonds. The van der Waals surface area contributed by atoms with Crippen LogP contribution < -0.4 is 10.1 Å². The standard InChI is InChI=1S/C13H13F3N2O2S/c1-20-9-4-2-8(3-5-9)10(19)6-17-12-18-7-11(21-12)13(14,15)16/h2-5,7,10,19H,6H2,1H3,(H,17,18). The fraction of sp³-hybridized carbons (Fsp3) is 0.308. The number of aliphatic hydroxyl groups excluding tert-OH is 1. The van der Waals surface area contributed by atoms with Gasteiger partial charge >= 0.3 is 6.18 Å². The van der Waals surface area contributed by atoms with E-state index >= 15 is 0 Å². The summed E-state index contributed by atoms with van der Waals surface area (Å²) in [5, 5.41) is 12.8. The third kappa shape index (κ3) is 4.08. The summed E-state index contributed by atoms with van der Waals surface area (Å²) < 4.78 is 42.3. The zero-order chi connectivity index (χ0) is 15.5. The summed E-state index contributed by atoms with van der Waals surface area (Å²) in [6, 6.07) is 6.77. The Morgan fingerprint density at radius 1 is 1.33 bits per heavy atom. The van der Waals surface area contributed by atoms with Gasteiger partial charge in [0, 0.05) is 6.54 Å². The van der Waals surface area contributed by atoms with Crippen LogP contribution in [0.2, 0.25) is 0 Å². The van der Waals surface area contributed by atoms with Crippen LogP contribution in [0, 0.1) is 0 Å². The second-order valence-electron chi connectivity index (χ2n) is 4.20. The molecule has 0 radical (unpaired) electrons. The maximum Gasteiger partial charge on any atom is 0.427 e. The third-order valence-corrected chi connectivity index (χ3v) is 3.73. The molecular formula is C13H13F3N2O2S. The lowest BCUT2D eigenvalue weighted by Crippen LogP contribution is -2.11. The lowest BCUT2D eigenvalue weighted by atomic mass is 10.1. The Hall–Kier alpha value is -1.80. The van der Waals surface area contributed by atoms with Crippen molar-refractivity contribution in [3.8, 4) is 5.75 Å². The lowest BCUT2D eigenvalue weighted by molar-refractivity contribution is -0.134. The number of alkyl halides is 3. The molecule has 0 saturated carbocycles. The van der Waals surface area contributed by atoms with Crippen LogP contribution >= 0.6 is 11.3 Å². The number of hydrogen-bond donors (Lipinski definition) is 2. The van der Waals surface area contributed by atoms with Crippen LogP contribution in [-0.2, 0) is 6.18 Å². The minimum absolute atomic E-state index is 0.0666. The first-order chi connectivity index (χ1) is 9.90. The Labute approximate surface area is 123 Å². The number of halogens is 3. The highest BCUT2D eigenvalue weighted by Crippen LogP contribution is 2.35. The van der Waals surface area contributed by atoms with Gasteiger partial charge in [-0.3, -0.25) is 0 Å². The van der Waals surface area contributed by atoms with Gasteiger partial charge in [0.1, 0.15) is 10.6 Å². The first kappa shape index (κ1) is 15.6. The Morgan fingerprint density at radius 3 is 2.52 bits per heavy atom. The number of thiazole rings is 1. The van der Waals surface area contributed by atoms with Crippen molar-refractivity contribution in [2.24, 2.45) is 0 Å². The second-order valence-corrected chi connectivity index (χ2v) is 5.23. The van der Waals surface area contributed by atoms with Crippen LogP contribution in [-0.4, -0.2) is 23.7 Å². The van der Waals surface area contributed by atoms with Crippen LogP contribution in [0.4, 0.5) is 18.3 Å². The molecule has 0 aliphatic rings. The van der Waals surface area contributed by atoms with Crippen molar-refractivity contribution in [2.45, 2.75) is 12.3 Å². The monoisotopic (exact) mass is 318 g/mol. The van der Waals surface area contributed by atoms with Crippen molar-refractivity contribution < 1.29 is 23.0 Å². The van der Waals surface area contributed by atoms with Gasteiger partial charge in [-0.2, -0.15) is 13.2 Å². The molecule has 1 aromatic carbocycles. The van der Waals surface area contributed by atoms with E-state index in [1.54, 1.807) is 24.3 Å². The third-order valence-electron chi connectivity index (χ3n) is 2.73. The minimum atomic E-state index is -4.40. The van der Waals surface area contributed by atoms with Crippen molar-refractivity contribution in [3.63, 3.8) is 0 Å². The van der Waals surface area contributed by atoms with Gasteiger partial charge in [-0.1, -0.05) is 23.5 Å². The second kappa shape index (κ2) is 6.31.